The van der Waals surface area contributed by atoms with Crippen LogP contribution in [0.1, 0.15) is 25.0 Å². The molecular formula is C13H16N2O2. The maximum Gasteiger partial charge on any atom is 0.155 e. The zero-order valence-electron chi connectivity index (χ0n) is 9.76. The molecular weight excluding hydrogens is 216 g/mol. The molecule has 1 fully saturated rings. The average molecular weight is 232 g/mol. The third-order valence-corrected chi connectivity index (χ3v) is 3.16. The Kier molecular flexibility index (Phi) is 2.96. The number of hydrogen-bond acceptors (Lipinski definition) is 4. The maximum absolute atomic E-state index is 5.34. The number of furan rings is 1. The smallest absolute Gasteiger partial charge is 0.155 e. The van der Waals surface area contributed by atoms with Crippen molar-refractivity contribution in [2.75, 3.05) is 13.1 Å². The Labute approximate surface area is 100 Å². The van der Waals surface area contributed by atoms with E-state index < -0.39 is 0 Å². The van der Waals surface area contributed by atoms with Crippen molar-refractivity contribution in [2.24, 2.45) is 0 Å². The summed E-state index contributed by atoms with van der Waals surface area (Å²) in [5, 5.41) is 4.03. The number of piperidine rings is 1. The SMILES string of the molecule is c1coc(-c2cc(CN3CCCCC3)on2)c1. The zero-order chi connectivity index (χ0) is 11.5. The zero-order valence-corrected chi connectivity index (χ0v) is 9.76. The average Bonchev–Trinajstić information content (AvgIpc) is 3.00. The van der Waals surface area contributed by atoms with E-state index in [0.29, 0.717) is 0 Å². The molecule has 0 N–H and O–H groups in total. The van der Waals surface area contributed by atoms with E-state index in [1.807, 2.05) is 18.2 Å². The Morgan fingerprint density at radius 1 is 1.24 bits per heavy atom. The third kappa shape index (κ3) is 2.42. The molecule has 3 rings (SSSR count). The first kappa shape index (κ1) is 10.6. The van der Waals surface area contributed by atoms with Gasteiger partial charge in [0, 0.05) is 6.07 Å². The first-order chi connectivity index (χ1) is 8.42. The molecule has 0 aliphatic carbocycles. The Bertz CT molecular complexity index is 455. The van der Waals surface area contributed by atoms with E-state index in [1.165, 1.54) is 19.3 Å². The van der Waals surface area contributed by atoms with Crippen LogP contribution in [-0.2, 0) is 6.54 Å². The van der Waals surface area contributed by atoms with Crippen molar-refractivity contribution in [3.8, 4) is 11.5 Å². The number of aromatic nitrogens is 1. The molecule has 0 saturated carbocycles. The summed E-state index contributed by atoms with van der Waals surface area (Å²) in [7, 11) is 0. The van der Waals surface area contributed by atoms with Gasteiger partial charge in [-0.25, -0.2) is 0 Å². The molecule has 90 valence electrons. The van der Waals surface area contributed by atoms with Crippen molar-refractivity contribution >= 4 is 0 Å². The predicted octanol–water partition coefficient (Wildman–Crippen LogP) is 2.92. The van der Waals surface area contributed by atoms with Gasteiger partial charge in [0.1, 0.15) is 5.69 Å². The molecule has 0 atom stereocenters. The second kappa shape index (κ2) is 4.75. The molecule has 0 spiro atoms. The molecule has 17 heavy (non-hydrogen) atoms. The van der Waals surface area contributed by atoms with Crippen LogP contribution in [0.4, 0.5) is 0 Å². The molecule has 2 aromatic rings. The highest BCUT2D eigenvalue weighted by Crippen LogP contribution is 2.21. The van der Waals surface area contributed by atoms with Gasteiger partial charge in [0.2, 0.25) is 0 Å². The monoisotopic (exact) mass is 232 g/mol. The molecule has 0 radical (unpaired) electrons. The molecule has 4 nitrogen and oxygen atoms in total. The maximum atomic E-state index is 5.34. The van der Waals surface area contributed by atoms with Gasteiger partial charge in [-0.2, -0.15) is 0 Å². The standard InChI is InChI=1S/C13H16N2O2/c1-2-6-15(7-3-1)10-11-9-12(14-17-11)13-5-4-8-16-13/h4-5,8-9H,1-3,6-7,10H2. The molecule has 1 aliphatic rings. The molecule has 1 aliphatic heterocycles. The number of likely N-dealkylation sites (tertiary alicyclic amines) is 1. The van der Waals surface area contributed by atoms with Crippen LogP contribution in [-0.4, -0.2) is 23.1 Å². The number of nitrogens with zero attached hydrogens (tertiary/aromatic N) is 2. The quantitative estimate of drug-likeness (QED) is 0.816. The lowest BCUT2D eigenvalue weighted by Crippen LogP contribution is -2.28. The fraction of sp³-hybridized carbons (Fsp3) is 0.462. The third-order valence-electron chi connectivity index (χ3n) is 3.16. The largest absolute Gasteiger partial charge is 0.463 e. The van der Waals surface area contributed by atoms with Crippen molar-refractivity contribution < 1.29 is 8.94 Å². The first-order valence-electron chi connectivity index (χ1n) is 6.14. The highest BCUT2D eigenvalue weighted by atomic mass is 16.5. The van der Waals surface area contributed by atoms with Crippen molar-refractivity contribution in [1.29, 1.82) is 0 Å². The van der Waals surface area contributed by atoms with Gasteiger partial charge < -0.3 is 8.94 Å². The van der Waals surface area contributed by atoms with Gasteiger partial charge >= 0.3 is 0 Å². The van der Waals surface area contributed by atoms with Gasteiger partial charge in [-0.3, -0.25) is 4.90 Å². The summed E-state index contributed by atoms with van der Waals surface area (Å²) in [6.45, 7) is 3.18. The van der Waals surface area contributed by atoms with Crippen molar-refractivity contribution in [1.82, 2.24) is 10.1 Å². The summed E-state index contributed by atoms with van der Waals surface area (Å²) >= 11 is 0. The van der Waals surface area contributed by atoms with Crippen LogP contribution in [0, 0.1) is 0 Å². The van der Waals surface area contributed by atoms with Crippen LogP contribution in [0.15, 0.2) is 33.4 Å². The fourth-order valence-electron chi connectivity index (χ4n) is 2.27. The normalized spacial score (nSPS) is 17.4. The molecule has 1 saturated heterocycles. The Morgan fingerprint density at radius 2 is 2.12 bits per heavy atom. The summed E-state index contributed by atoms with van der Waals surface area (Å²) in [5.74, 6) is 1.68. The van der Waals surface area contributed by atoms with Gasteiger partial charge in [0.05, 0.1) is 12.8 Å². The van der Waals surface area contributed by atoms with Crippen LogP contribution >= 0.6 is 0 Å². The Morgan fingerprint density at radius 3 is 2.88 bits per heavy atom. The van der Waals surface area contributed by atoms with Crippen molar-refractivity contribution in [3.05, 3.63) is 30.2 Å². The summed E-state index contributed by atoms with van der Waals surface area (Å²) < 4.78 is 10.6. The molecule has 2 aromatic heterocycles. The predicted molar refractivity (Wildman–Crippen MR) is 63.3 cm³/mol. The number of rotatable bonds is 3. The van der Waals surface area contributed by atoms with E-state index in [0.717, 1.165) is 36.8 Å². The van der Waals surface area contributed by atoms with Crippen LogP contribution in [0.5, 0.6) is 0 Å². The molecule has 0 unspecified atom stereocenters. The minimum absolute atomic E-state index is 0.763. The van der Waals surface area contributed by atoms with Crippen LogP contribution in [0.2, 0.25) is 0 Å². The lowest BCUT2D eigenvalue weighted by Gasteiger charge is -2.24. The van der Waals surface area contributed by atoms with E-state index in [9.17, 15) is 0 Å². The van der Waals surface area contributed by atoms with Crippen LogP contribution < -0.4 is 0 Å². The van der Waals surface area contributed by atoms with E-state index in [-0.39, 0.29) is 0 Å². The van der Waals surface area contributed by atoms with Crippen LogP contribution in [0.3, 0.4) is 0 Å². The molecule has 3 heterocycles. The van der Waals surface area contributed by atoms with Gasteiger partial charge in [0.15, 0.2) is 11.5 Å². The summed E-state index contributed by atoms with van der Waals surface area (Å²) in [6, 6.07) is 5.71. The second-order valence-electron chi connectivity index (χ2n) is 4.49. The highest BCUT2D eigenvalue weighted by molar-refractivity contribution is 5.50. The second-order valence-corrected chi connectivity index (χ2v) is 4.49. The molecule has 0 amide bonds. The summed E-state index contributed by atoms with van der Waals surface area (Å²) in [4.78, 5) is 2.41. The summed E-state index contributed by atoms with van der Waals surface area (Å²) in [5.41, 5.74) is 0.780. The van der Waals surface area contributed by atoms with Crippen molar-refractivity contribution in [3.63, 3.8) is 0 Å². The van der Waals surface area contributed by atoms with Gasteiger partial charge in [-0.15, -0.1) is 0 Å². The van der Waals surface area contributed by atoms with Crippen molar-refractivity contribution in [2.45, 2.75) is 25.8 Å². The molecule has 4 heteroatoms. The lowest BCUT2D eigenvalue weighted by molar-refractivity contribution is 0.197. The van der Waals surface area contributed by atoms with E-state index in [4.69, 9.17) is 8.94 Å². The van der Waals surface area contributed by atoms with Gasteiger partial charge in [0.25, 0.3) is 0 Å². The molecule has 0 aromatic carbocycles. The minimum atomic E-state index is 0.763. The summed E-state index contributed by atoms with van der Waals surface area (Å²) in [6.07, 6.45) is 5.58. The van der Waals surface area contributed by atoms with E-state index >= 15 is 0 Å². The topological polar surface area (TPSA) is 42.4 Å². The highest BCUT2D eigenvalue weighted by Gasteiger charge is 2.14. The minimum Gasteiger partial charge on any atom is -0.463 e. The number of hydrogen-bond donors (Lipinski definition) is 0. The Hall–Kier alpha value is -1.55. The van der Waals surface area contributed by atoms with E-state index in [2.05, 4.69) is 10.1 Å². The van der Waals surface area contributed by atoms with Gasteiger partial charge in [-0.1, -0.05) is 11.6 Å². The molecule has 0 bridgehead atoms. The first-order valence-corrected chi connectivity index (χ1v) is 6.14. The van der Waals surface area contributed by atoms with Gasteiger partial charge in [-0.05, 0) is 38.1 Å². The van der Waals surface area contributed by atoms with E-state index in [1.54, 1.807) is 6.26 Å². The fourth-order valence-corrected chi connectivity index (χ4v) is 2.27. The van der Waals surface area contributed by atoms with Crippen LogP contribution in [0.25, 0.3) is 11.5 Å². The Balaban J connectivity index is 1.68. The lowest BCUT2D eigenvalue weighted by atomic mass is 10.1.